The zero-order valence-electron chi connectivity index (χ0n) is 35.4. The van der Waals surface area contributed by atoms with Crippen LogP contribution in [0, 0.1) is 0 Å². The zero-order chi connectivity index (χ0) is 41.2. The number of aliphatic hydroxyl groups is 1. The van der Waals surface area contributed by atoms with E-state index in [9.17, 15) is 19.2 Å². The number of carbonyl (C=O) groups is 4. The van der Waals surface area contributed by atoms with Crippen molar-refractivity contribution in [3.05, 3.63) is 60.8 Å². The molecule has 0 aliphatic heterocycles. The van der Waals surface area contributed by atoms with Crippen LogP contribution in [0.4, 0.5) is 0 Å². The van der Waals surface area contributed by atoms with Crippen molar-refractivity contribution in [2.45, 2.75) is 199 Å². The second kappa shape index (κ2) is 41.2. The van der Waals surface area contributed by atoms with Gasteiger partial charge in [0.2, 0.25) is 11.8 Å². The zero-order valence-corrected chi connectivity index (χ0v) is 35.4. The third-order valence-electron chi connectivity index (χ3n) is 9.48. The summed E-state index contributed by atoms with van der Waals surface area (Å²) in [6.07, 6.45) is 49.9. The molecular weight excluding hydrogens is 705 g/mol. The molecule has 9 heteroatoms. The number of rotatable bonds is 39. The fourth-order valence-corrected chi connectivity index (χ4v) is 6.09. The molecular formula is C47H80N2O7. The van der Waals surface area contributed by atoms with Gasteiger partial charge in [0.1, 0.15) is 12.1 Å². The predicted molar refractivity (Wildman–Crippen MR) is 231 cm³/mol. The second-order valence-electron chi connectivity index (χ2n) is 14.8. The van der Waals surface area contributed by atoms with Crippen molar-refractivity contribution in [1.29, 1.82) is 0 Å². The monoisotopic (exact) mass is 785 g/mol. The van der Waals surface area contributed by atoms with E-state index in [0.29, 0.717) is 12.8 Å². The number of esters is 1. The van der Waals surface area contributed by atoms with Gasteiger partial charge in [-0.05, 0) is 83.1 Å². The van der Waals surface area contributed by atoms with Crippen LogP contribution >= 0.6 is 0 Å². The van der Waals surface area contributed by atoms with Crippen LogP contribution in [0.1, 0.15) is 187 Å². The number of unbranched alkanes of at least 4 members (excludes halogenated alkanes) is 17. The number of carbonyl (C=O) groups excluding carboxylic acids is 3. The summed E-state index contributed by atoms with van der Waals surface area (Å²) in [4.78, 5) is 47.4. The average molecular weight is 785 g/mol. The number of allylic oxidation sites excluding steroid dienone is 9. The van der Waals surface area contributed by atoms with Gasteiger partial charge in [-0.15, -0.1) is 0 Å². The molecule has 320 valence electrons. The van der Waals surface area contributed by atoms with E-state index in [1.807, 2.05) is 6.08 Å². The standard InChI is InChI=1S/C47H80N2O7/c1-3-5-7-9-11-13-14-15-16-17-18-19-20-21-22-23-25-31-35-39-46(53)56-42(36-32-28-24-12-10-8-6-4-2)37-33-29-26-27-30-34-38-44(51)48-40-45(52)49-43(41-50)47(54)55/h6,8,11-13,15-16,24,32,36,42-43,50H,3-5,7,9-10,14,17-23,25-31,33-35,37-41H2,1-2H3,(H,48,51)(H,49,52)(H,54,55)/b8-6-,13-11-,16-15-,24-12-,36-32-. The highest BCUT2D eigenvalue weighted by molar-refractivity contribution is 5.87. The van der Waals surface area contributed by atoms with E-state index in [2.05, 4.69) is 79.2 Å². The molecule has 0 radical (unpaired) electrons. The van der Waals surface area contributed by atoms with Crippen LogP contribution in [0.2, 0.25) is 0 Å². The SMILES string of the molecule is CC/C=C\C/C=C\C/C=C\C(CCCCCCCCC(=O)NCC(=O)NC(CO)C(=O)O)OC(=O)CCCCCCCCCCC/C=C\C/C=C\CCCCC. The molecule has 0 aromatic rings. The first-order chi connectivity index (χ1) is 27.3. The van der Waals surface area contributed by atoms with Gasteiger partial charge in [0.05, 0.1) is 13.2 Å². The highest BCUT2D eigenvalue weighted by Crippen LogP contribution is 2.16. The first kappa shape index (κ1) is 52.5. The molecule has 0 aromatic carbocycles. The van der Waals surface area contributed by atoms with Crippen molar-refractivity contribution in [3.63, 3.8) is 0 Å². The number of carboxylic acid groups (broad SMARTS) is 1. The molecule has 0 heterocycles. The summed E-state index contributed by atoms with van der Waals surface area (Å²) in [5.41, 5.74) is 0. The van der Waals surface area contributed by atoms with Crippen molar-refractivity contribution in [1.82, 2.24) is 10.6 Å². The maximum atomic E-state index is 12.7. The summed E-state index contributed by atoms with van der Waals surface area (Å²) in [6, 6.07) is -1.39. The summed E-state index contributed by atoms with van der Waals surface area (Å²) in [5.74, 6) is -2.37. The lowest BCUT2D eigenvalue weighted by Gasteiger charge is -2.15. The summed E-state index contributed by atoms with van der Waals surface area (Å²) in [7, 11) is 0. The predicted octanol–water partition coefficient (Wildman–Crippen LogP) is 10.9. The van der Waals surface area contributed by atoms with Gasteiger partial charge >= 0.3 is 11.9 Å². The third-order valence-corrected chi connectivity index (χ3v) is 9.48. The van der Waals surface area contributed by atoms with Crippen LogP contribution in [0.3, 0.4) is 0 Å². The van der Waals surface area contributed by atoms with E-state index in [-0.39, 0.29) is 30.9 Å². The molecule has 56 heavy (non-hydrogen) atoms. The van der Waals surface area contributed by atoms with Gasteiger partial charge in [-0.3, -0.25) is 14.4 Å². The van der Waals surface area contributed by atoms with E-state index in [1.165, 1.54) is 77.0 Å². The maximum Gasteiger partial charge on any atom is 0.328 e. The minimum atomic E-state index is -1.39. The smallest absolute Gasteiger partial charge is 0.328 e. The molecule has 0 saturated heterocycles. The highest BCUT2D eigenvalue weighted by Gasteiger charge is 2.18. The first-order valence-electron chi connectivity index (χ1n) is 22.2. The summed E-state index contributed by atoms with van der Waals surface area (Å²) in [6.45, 7) is 3.33. The molecule has 0 aliphatic carbocycles. The Morgan fingerprint density at radius 2 is 1.07 bits per heavy atom. The number of ether oxygens (including phenoxy) is 1. The van der Waals surface area contributed by atoms with Gasteiger partial charge < -0.3 is 25.6 Å². The lowest BCUT2D eigenvalue weighted by Crippen LogP contribution is -2.47. The van der Waals surface area contributed by atoms with Crippen molar-refractivity contribution >= 4 is 23.8 Å². The van der Waals surface area contributed by atoms with Gasteiger partial charge in [0.25, 0.3) is 0 Å². The van der Waals surface area contributed by atoms with E-state index >= 15 is 0 Å². The Kier molecular flexibility index (Phi) is 38.6. The Morgan fingerprint density at radius 3 is 1.64 bits per heavy atom. The number of hydrogen-bond donors (Lipinski definition) is 4. The molecule has 4 N–H and O–H groups in total. The molecule has 2 unspecified atom stereocenters. The quantitative estimate of drug-likeness (QED) is 0.0276. The normalized spacial score (nSPS) is 13.1. The lowest BCUT2D eigenvalue weighted by atomic mass is 10.0. The molecule has 0 saturated carbocycles. The van der Waals surface area contributed by atoms with Crippen molar-refractivity contribution in [3.8, 4) is 0 Å². The van der Waals surface area contributed by atoms with Gasteiger partial charge in [-0.1, -0.05) is 152 Å². The largest absolute Gasteiger partial charge is 0.480 e. The van der Waals surface area contributed by atoms with Gasteiger partial charge in [-0.25, -0.2) is 4.79 Å². The molecule has 0 fully saturated rings. The van der Waals surface area contributed by atoms with Gasteiger partial charge in [-0.2, -0.15) is 0 Å². The number of hydrogen-bond acceptors (Lipinski definition) is 6. The molecule has 0 bridgehead atoms. The van der Waals surface area contributed by atoms with Crippen molar-refractivity contribution in [2.75, 3.05) is 13.2 Å². The molecule has 2 atom stereocenters. The summed E-state index contributed by atoms with van der Waals surface area (Å²) < 4.78 is 5.91. The summed E-state index contributed by atoms with van der Waals surface area (Å²) in [5, 5.41) is 22.5. The van der Waals surface area contributed by atoms with Crippen LogP contribution < -0.4 is 10.6 Å². The molecule has 0 spiro atoms. The van der Waals surface area contributed by atoms with Crippen LogP contribution in [0.5, 0.6) is 0 Å². The number of aliphatic carboxylic acids is 1. The minimum Gasteiger partial charge on any atom is -0.480 e. The Labute approximate surface area is 341 Å². The number of carboxylic acids is 1. The second-order valence-corrected chi connectivity index (χ2v) is 14.8. The first-order valence-corrected chi connectivity index (χ1v) is 22.2. The molecule has 0 aliphatic rings. The number of aliphatic hydroxyl groups excluding tert-OH is 1. The molecule has 9 nitrogen and oxygen atoms in total. The van der Waals surface area contributed by atoms with Crippen molar-refractivity contribution < 1.29 is 34.1 Å². The Morgan fingerprint density at radius 1 is 0.571 bits per heavy atom. The fraction of sp³-hybridized carbons (Fsp3) is 0.702. The molecule has 2 amide bonds. The highest BCUT2D eigenvalue weighted by atomic mass is 16.5. The van der Waals surface area contributed by atoms with E-state index in [1.54, 1.807) is 0 Å². The van der Waals surface area contributed by atoms with E-state index in [4.69, 9.17) is 14.9 Å². The van der Waals surface area contributed by atoms with Crippen LogP contribution in [-0.4, -0.2) is 59.3 Å². The maximum absolute atomic E-state index is 12.7. The Balaban J connectivity index is 4.21. The topological polar surface area (TPSA) is 142 Å². The van der Waals surface area contributed by atoms with Crippen LogP contribution in [0.15, 0.2) is 60.8 Å². The van der Waals surface area contributed by atoms with Gasteiger partial charge in [0, 0.05) is 12.8 Å². The summed E-state index contributed by atoms with van der Waals surface area (Å²) >= 11 is 0. The van der Waals surface area contributed by atoms with E-state index < -0.39 is 24.5 Å². The van der Waals surface area contributed by atoms with E-state index in [0.717, 1.165) is 77.0 Å². The third kappa shape index (κ3) is 37.5. The van der Waals surface area contributed by atoms with Crippen LogP contribution in [-0.2, 0) is 23.9 Å². The fourth-order valence-electron chi connectivity index (χ4n) is 6.09. The number of amides is 2. The number of nitrogens with one attached hydrogen (secondary N) is 2. The van der Waals surface area contributed by atoms with Crippen LogP contribution in [0.25, 0.3) is 0 Å². The Bertz CT molecular complexity index is 1130. The lowest BCUT2D eigenvalue weighted by molar-refractivity contribution is -0.147. The Hall–Kier alpha value is -3.46. The molecule has 0 aromatic heterocycles. The average Bonchev–Trinajstić information content (AvgIpc) is 3.18. The van der Waals surface area contributed by atoms with Gasteiger partial charge in [0.15, 0.2) is 0 Å². The van der Waals surface area contributed by atoms with Crippen molar-refractivity contribution in [2.24, 2.45) is 0 Å². The molecule has 0 rings (SSSR count). The minimum absolute atomic E-state index is 0.109.